The molecule has 2 aromatic carbocycles. The summed E-state index contributed by atoms with van der Waals surface area (Å²) in [4.78, 5) is 3.00. The Kier molecular flexibility index (Phi) is 5.67. The molecule has 0 fully saturated rings. The van der Waals surface area contributed by atoms with Crippen LogP contribution in [0.4, 0.5) is 13.2 Å². The van der Waals surface area contributed by atoms with E-state index in [4.69, 9.17) is 22.1 Å². The third kappa shape index (κ3) is 4.06. The number of halogens is 4. The number of H-pyrrole nitrogens is 1. The third-order valence-corrected chi connectivity index (χ3v) is 4.74. The van der Waals surface area contributed by atoms with Gasteiger partial charge in [-0.3, -0.25) is 0 Å². The fraction of sp³-hybridized carbons (Fsp3) is 0.300. The number of aromatic nitrogens is 1. The molecule has 27 heavy (non-hydrogen) atoms. The van der Waals surface area contributed by atoms with Gasteiger partial charge in [-0.15, -0.1) is 0 Å². The van der Waals surface area contributed by atoms with Crippen LogP contribution >= 0.6 is 11.6 Å². The maximum atomic E-state index is 13.6. The molecule has 0 aliphatic carbocycles. The summed E-state index contributed by atoms with van der Waals surface area (Å²) in [6.45, 7) is 0.533. The van der Waals surface area contributed by atoms with Crippen molar-refractivity contribution in [2.24, 2.45) is 5.73 Å². The quantitative estimate of drug-likeness (QED) is 0.517. The van der Waals surface area contributed by atoms with Crippen molar-refractivity contribution in [2.75, 3.05) is 13.7 Å². The highest BCUT2D eigenvalue weighted by Gasteiger charge is 2.34. The number of fused-ring (bicyclic) bond motifs is 1. The lowest BCUT2D eigenvalue weighted by Gasteiger charge is -2.09. The van der Waals surface area contributed by atoms with Gasteiger partial charge in [-0.25, -0.2) is 0 Å². The Balaban J connectivity index is 2.26. The van der Waals surface area contributed by atoms with Crippen LogP contribution in [0, 0.1) is 0 Å². The van der Waals surface area contributed by atoms with Crippen LogP contribution in [-0.2, 0) is 12.6 Å². The molecule has 0 unspecified atom stereocenters. The summed E-state index contributed by atoms with van der Waals surface area (Å²) >= 11 is 6.01. The fourth-order valence-corrected chi connectivity index (χ4v) is 3.49. The molecule has 0 radical (unpaired) electrons. The highest BCUT2D eigenvalue weighted by atomic mass is 35.5. The zero-order chi connectivity index (χ0) is 19.6. The van der Waals surface area contributed by atoms with Gasteiger partial charge >= 0.3 is 6.18 Å². The van der Waals surface area contributed by atoms with E-state index in [1.807, 2.05) is 6.07 Å². The first-order chi connectivity index (χ1) is 12.8. The molecule has 144 valence electrons. The molecule has 1 heterocycles. The first-order valence-electron chi connectivity index (χ1n) is 8.61. The van der Waals surface area contributed by atoms with Crippen LogP contribution in [0.1, 0.15) is 24.0 Å². The van der Waals surface area contributed by atoms with Gasteiger partial charge in [0.15, 0.2) is 0 Å². The number of benzene rings is 2. The molecule has 0 amide bonds. The summed E-state index contributed by atoms with van der Waals surface area (Å²) < 4.78 is 45.9. The summed E-state index contributed by atoms with van der Waals surface area (Å²) in [7, 11) is 1.55. The van der Waals surface area contributed by atoms with Crippen molar-refractivity contribution < 1.29 is 17.9 Å². The molecule has 0 saturated heterocycles. The summed E-state index contributed by atoms with van der Waals surface area (Å²) in [6, 6.07) is 9.78. The van der Waals surface area contributed by atoms with Crippen molar-refractivity contribution in [1.29, 1.82) is 0 Å². The minimum Gasteiger partial charge on any atom is -0.497 e. The van der Waals surface area contributed by atoms with E-state index in [0.29, 0.717) is 29.8 Å². The Morgan fingerprint density at radius 1 is 1.15 bits per heavy atom. The SMILES string of the molecule is COc1cccc(-c2[nH]c3c(C(F)(F)F)cc(Cl)cc3c2CCCCN)c1. The highest BCUT2D eigenvalue weighted by molar-refractivity contribution is 6.31. The first-order valence-corrected chi connectivity index (χ1v) is 8.98. The summed E-state index contributed by atoms with van der Waals surface area (Å²) in [5.74, 6) is 0.633. The zero-order valence-electron chi connectivity index (χ0n) is 14.8. The molecule has 3 nitrogen and oxygen atoms in total. The standard InChI is InChI=1S/C20H20ClF3N2O/c1-27-14-6-4-5-12(9-14)18-15(7-2-3-8-25)16-10-13(21)11-17(19(16)26-18)20(22,23)24/h4-6,9-11,26H,2-3,7-8,25H2,1H3. The lowest BCUT2D eigenvalue weighted by Crippen LogP contribution is -2.05. The van der Waals surface area contributed by atoms with Crippen LogP contribution < -0.4 is 10.5 Å². The van der Waals surface area contributed by atoms with Gasteiger partial charge in [-0.2, -0.15) is 13.2 Å². The van der Waals surface area contributed by atoms with E-state index in [2.05, 4.69) is 4.98 Å². The maximum absolute atomic E-state index is 13.6. The summed E-state index contributed by atoms with van der Waals surface area (Å²) in [5.41, 5.74) is 7.08. The van der Waals surface area contributed by atoms with Gasteiger partial charge in [0.05, 0.1) is 18.2 Å². The minimum absolute atomic E-state index is 0.0486. The molecule has 0 aliphatic heterocycles. The molecular formula is C20H20ClF3N2O. The molecule has 7 heteroatoms. The Morgan fingerprint density at radius 2 is 1.93 bits per heavy atom. The lowest BCUT2D eigenvalue weighted by molar-refractivity contribution is -0.136. The van der Waals surface area contributed by atoms with Crippen molar-refractivity contribution in [3.05, 3.63) is 52.5 Å². The Bertz CT molecular complexity index is 950. The molecule has 0 atom stereocenters. The summed E-state index contributed by atoms with van der Waals surface area (Å²) in [5, 5.41) is 0.552. The van der Waals surface area contributed by atoms with E-state index in [1.54, 1.807) is 31.4 Å². The van der Waals surface area contributed by atoms with Gasteiger partial charge in [0.25, 0.3) is 0 Å². The van der Waals surface area contributed by atoms with Crippen molar-refractivity contribution in [2.45, 2.75) is 25.4 Å². The number of aryl methyl sites for hydroxylation is 1. The van der Waals surface area contributed by atoms with Crippen molar-refractivity contribution in [3.63, 3.8) is 0 Å². The van der Waals surface area contributed by atoms with Gasteiger partial charge in [0, 0.05) is 21.7 Å². The molecular weight excluding hydrogens is 377 g/mol. The van der Waals surface area contributed by atoms with Crippen LogP contribution in [-0.4, -0.2) is 18.6 Å². The zero-order valence-corrected chi connectivity index (χ0v) is 15.5. The van der Waals surface area contributed by atoms with Gasteiger partial charge in [-0.1, -0.05) is 23.7 Å². The third-order valence-electron chi connectivity index (χ3n) is 4.52. The molecule has 0 saturated carbocycles. The Labute approximate surface area is 160 Å². The van der Waals surface area contributed by atoms with Gasteiger partial charge in [0.1, 0.15) is 5.75 Å². The van der Waals surface area contributed by atoms with Gasteiger partial charge in [0.2, 0.25) is 0 Å². The first kappa shape index (κ1) is 19.6. The van der Waals surface area contributed by atoms with Crippen LogP contribution in [0.3, 0.4) is 0 Å². The number of nitrogens with two attached hydrogens (primary N) is 1. The molecule has 3 rings (SSSR count). The van der Waals surface area contributed by atoms with Crippen molar-refractivity contribution in [1.82, 2.24) is 4.98 Å². The molecule has 0 spiro atoms. The number of ether oxygens (including phenoxy) is 1. The van der Waals surface area contributed by atoms with E-state index in [-0.39, 0.29) is 10.5 Å². The van der Waals surface area contributed by atoms with E-state index >= 15 is 0 Å². The Morgan fingerprint density at radius 3 is 2.59 bits per heavy atom. The van der Waals surface area contributed by atoms with E-state index in [0.717, 1.165) is 30.0 Å². The topological polar surface area (TPSA) is 51.0 Å². The second-order valence-corrected chi connectivity index (χ2v) is 6.77. The summed E-state index contributed by atoms with van der Waals surface area (Å²) in [6.07, 6.45) is -2.35. The van der Waals surface area contributed by atoms with Crippen LogP contribution in [0.5, 0.6) is 5.75 Å². The maximum Gasteiger partial charge on any atom is 0.418 e. The van der Waals surface area contributed by atoms with Gasteiger partial charge in [-0.05, 0) is 55.6 Å². The second-order valence-electron chi connectivity index (χ2n) is 6.33. The number of unbranched alkanes of at least 4 members (excludes halogenated alkanes) is 1. The average molecular weight is 397 g/mol. The Hall–Kier alpha value is -2.18. The van der Waals surface area contributed by atoms with Crippen molar-refractivity contribution >= 4 is 22.5 Å². The van der Waals surface area contributed by atoms with Crippen molar-refractivity contribution in [3.8, 4) is 17.0 Å². The molecule has 3 aromatic rings. The predicted molar refractivity (Wildman–Crippen MR) is 102 cm³/mol. The highest BCUT2D eigenvalue weighted by Crippen LogP contribution is 2.41. The number of nitrogens with one attached hydrogen (secondary N) is 1. The van der Waals surface area contributed by atoms with E-state index in [9.17, 15) is 13.2 Å². The predicted octanol–water partition coefficient (Wildman–Crippen LogP) is 5.80. The van der Waals surface area contributed by atoms with E-state index < -0.39 is 11.7 Å². The second kappa shape index (κ2) is 7.82. The number of methoxy groups -OCH3 is 1. The van der Waals surface area contributed by atoms with E-state index in [1.165, 1.54) is 0 Å². The lowest BCUT2D eigenvalue weighted by atomic mass is 9.99. The molecule has 1 aromatic heterocycles. The molecule has 0 aliphatic rings. The number of rotatable bonds is 6. The minimum atomic E-state index is -4.51. The smallest absolute Gasteiger partial charge is 0.418 e. The number of alkyl halides is 3. The van der Waals surface area contributed by atoms with Crippen LogP contribution in [0.25, 0.3) is 22.2 Å². The normalized spacial score (nSPS) is 11.9. The van der Waals surface area contributed by atoms with Crippen LogP contribution in [0.15, 0.2) is 36.4 Å². The largest absolute Gasteiger partial charge is 0.497 e. The number of hydrogen-bond donors (Lipinski definition) is 2. The number of aromatic amines is 1. The average Bonchev–Trinajstić information content (AvgIpc) is 2.99. The monoisotopic (exact) mass is 396 g/mol. The molecule has 3 N–H and O–H groups in total. The van der Waals surface area contributed by atoms with Gasteiger partial charge < -0.3 is 15.5 Å². The van der Waals surface area contributed by atoms with Crippen LogP contribution in [0.2, 0.25) is 5.02 Å². The number of hydrogen-bond acceptors (Lipinski definition) is 2. The fourth-order valence-electron chi connectivity index (χ4n) is 3.27. The molecule has 0 bridgehead atoms.